The van der Waals surface area contributed by atoms with E-state index in [9.17, 15) is 14.4 Å². The van der Waals surface area contributed by atoms with E-state index >= 15 is 0 Å². The summed E-state index contributed by atoms with van der Waals surface area (Å²) in [5.41, 5.74) is 3.72. The predicted molar refractivity (Wildman–Crippen MR) is 105 cm³/mol. The average Bonchev–Trinajstić information content (AvgIpc) is 3.35. The molecule has 3 rings (SSSR count). The van der Waals surface area contributed by atoms with Gasteiger partial charge in [-0.1, -0.05) is 18.2 Å². The first-order valence-electron chi connectivity index (χ1n) is 8.35. The summed E-state index contributed by atoms with van der Waals surface area (Å²) in [6, 6.07) is 14.0. The highest BCUT2D eigenvalue weighted by atomic mass is 32.1. The van der Waals surface area contributed by atoms with Crippen LogP contribution in [0.25, 0.3) is 10.6 Å². The van der Waals surface area contributed by atoms with Gasteiger partial charge in [-0.2, -0.15) is 5.10 Å². The zero-order valence-electron chi connectivity index (χ0n) is 15.3. The molecular formula is C19H18N4O4S. The Morgan fingerprint density at radius 1 is 1.14 bits per heavy atom. The first-order chi connectivity index (χ1) is 13.5. The second-order valence-corrected chi connectivity index (χ2v) is 6.87. The van der Waals surface area contributed by atoms with E-state index in [0.717, 1.165) is 4.88 Å². The number of benzene rings is 1. The minimum atomic E-state index is -0.403. The summed E-state index contributed by atoms with van der Waals surface area (Å²) in [7, 11) is 1.33. The van der Waals surface area contributed by atoms with Gasteiger partial charge in [0, 0.05) is 13.1 Å². The molecule has 8 nitrogen and oxygen atoms in total. The first-order valence-corrected chi connectivity index (χ1v) is 9.17. The zero-order chi connectivity index (χ0) is 20.1. The highest BCUT2D eigenvalue weighted by molar-refractivity contribution is 7.17. The van der Waals surface area contributed by atoms with Crippen LogP contribution in [0.5, 0.6) is 0 Å². The van der Waals surface area contributed by atoms with Crippen LogP contribution in [-0.4, -0.2) is 34.7 Å². The number of esters is 1. The fraction of sp³-hybridized carbons (Fsp3) is 0.158. The number of nitrogens with one attached hydrogen (secondary N) is 1. The molecule has 28 heavy (non-hydrogen) atoms. The van der Waals surface area contributed by atoms with Crippen LogP contribution in [-0.2, 0) is 20.9 Å². The van der Waals surface area contributed by atoms with Crippen LogP contribution in [0.3, 0.4) is 0 Å². The van der Waals surface area contributed by atoms with Crippen LogP contribution in [0.15, 0.2) is 54.7 Å². The second kappa shape index (κ2) is 8.49. The molecule has 0 radical (unpaired) electrons. The molecule has 0 aliphatic heterocycles. The molecule has 144 valence electrons. The molecule has 2 aromatic heterocycles. The maximum Gasteiger partial charge on any atom is 0.348 e. The molecule has 0 bridgehead atoms. The van der Waals surface area contributed by atoms with Crippen LogP contribution in [0, 0.1) is 0 Å². The molecule has 0 fully saturated rings. The lowest BCUT2D eigenvalue weighted by atomic mass is 10.3. The highest BCUT2D eigenvalue weighted by Gasteiger charge is 2.18. The van der Waals surface area contributed by atoms with E-state index in [0.29, 0.717) is 16.3 Å². The van der Waals surface area contributed by atoms with Gasteiger partial charge in [-0.25, -0.2) is 9.80 Å². The topological polar surface area (TPSA) is 93.5 Å². The molecule has 0 unspecified atom stereocenters. The van der Waals surface area contributed by atoms with Gasteiger partial charge in [0.15, 0.2) is 0 Å². The maximum atomic E-state index is 12.7. The van der Waals surface area contributed by atoms with E-state index in [1.54, 1.807) is 48.7 Å². The Hall–Kier alpha value is -3.46. The second-order valence-electron chi connectivity index (χ2n) is 5.79. The van der Waals surface area contributed by atoms with Crippen molar-refractivity contribution in [2.75, 3.05) is 12.1 Å². The van der Waals surface area contributed by atoms with Crippen molar-refractivity contribution in [2.45, 2.75) is 13.5 Å². The number of thiophene rings is 1. The third kappa shape index (κ3) is 4.44. The minimum Gasteiger partial charge on any atom is -0.465 e. The van der Waals surface area contributed by atoms with E-state index in [2.05, 4.69) is 10.5 Å². The molecule has 2 amide bonds. The SMILES string of the molecule is COC(=O)c1ccc(-c2ccn(CC(=O)N(NC(C)=O)c3ccccc3)n2)s1. The van der Waals surface area contributed by atoms with Gasteiger partial charge in [0.1, 0.15) is 17.1 Å². The summed E-state index contributed by atoms with van der Waals surface area (Å²) in [6.45, 7) is 1.27. The fourth-order valence-corrected chi connectivity index (χ4v) is 3.37. The van der Waals surface area contributed by atoms with Gasteiger partial charge >= 0.3 is 5.97 Å². The van der Waals surface area contributed by atoms with E-state index in [1.165, 1.54) is 35.1 Å². The third-order valence-electron chi connectivity index (χ3n) is 3.72. The molecule has 0 aliphatic rings. The Balaban J connectivity index is 1.76. The molecule has 0 aliphatic carbocycles. The Morgan fingerprint density at radius 2 is 1.89 bits per heavy atom. The standard InChI is InChI=1S/C19H18N4O4S/c1-13(24)20-23(14-6-4-3-5-7-14)18(25)12-22-11-10-15(21-22)16-8-9-17(28-16)19(26)27-2/h3-11H,12H2,1-2H3,(H,20,24). The van der Waals surface area contributed by atoms with Gasteiger partial charge in [-0.3, -0.25) is 19.7 Å². The zero-order valence-corrected chi connectivity index (χ0v) is 16.1. The Labute approximate surface area is 165 Å². The number of ether oxygens (including phenoxy) is 1. The van der Waals surface area contributed by atoms with Gasteiger partial charge in [0.25, 0.3) is 5.91 Å². The van der Waals surface area contributed by atoms with Gasteiger partial charge < -0.3 is 4.74 Å². The third-order valence-corrected chi connectivity index (χ3v) is 4.80. The lowest BCUT2D eigenvalue weighted by molar-refractivity contribution is -0.125. The molecule has 0 spiro atoms. The number of rotatable bonds is 5. The summed E-state index contributed by atoms with van der Waals surface area (Å²) >= 11 is 1.26. The Bertz CT molecular complexity index is 996. The van der Waals surface area contributed by atoms with E-state index in [4.69, 9.17) is 4.74 Å². The number of hydrogen-bond donors (Lipinski definition) is 1. The summed E-state index contributed by atoms with van der Waals surface area (Å²) in [5.74, 6) is -1.11. The van der Waals surface area contributed by atoms with Crippen molar-refractivity contribution < 1.29 is 19.1 Å². The van der Waals surface area contributed by atoms with Crippen molar-refractivity contribution in [2.24, 2.45) is 0 Å². The lowest BCUT2D eigenvalue weighted by Crippen LogP contribution is -2.47. The predicted octanol–water partition coefficient (Wildman–Crippen LogP) is 2.48. The number of amides is 2. The van der Waals surface area contributed by atoms with E-state index in [1.807, 2.05) is 6.07 Å². The average molecular weight is 398 g/mol. The summed E-state index contributed by atoms with van der Waals surface area (Å²) in [5, 5.41) is 5.59. The van der Waals surface area contributed by atoms with Crippen LogP contribution < -0.4 is 10.4 Å². The quantitative estimate of drug-likeness (QED) is 0.526. The van der Waals surface area contributed by atoms with Crippen LogP contribution >= 0.6 is 11.3 Å². The molecule has 0 saturated heterocycles. The van der Waals surface area contributed by atoms with Crippen molar-refractivity contribution in [3.63, 3.8) is 0 Å². The normalized spacial score (nSPS) is 10.4. The number of anilines is 1. The molecule has 3 aromatic rings. The van der Waals surface area contributed by atoms with Crippen molar-refractivity contribution in [1.82, 2.24) is 15.2 Å². The molecule has 2 heterocycles. The number of methoxy groups -OCH3 is 1. The first kappa shape index (κ1) is 19.3. The van der Waals surface area contributed by atoms with E-state index in [-0.39, 0.29) is 18.4 Å². The molecular weight excluding hydrogens is 380 g/mol. The molecule has 0 atom stereocenters. The molecule has 9 heteroatoms. The molecule has 0 saturated carbocycles. The lowest BCUT2D eigenvalue weighted by Gasteiger charge is -2.22. The van der Waals surface area contributed by atoms with Crippen LogP contribution in [0.1, 0.15) is 16.6 Å². The van der Waals surface area contributed by atoms with Crippen LogP contribution in [0.2, 0.25) is 0 Å². The Morgan fingerprint density at radius 3 is 2.57 bits per heavy atom. The Kier molecular flexibility index (Phi) is 5.85. The summed E-state index contributed by atoms with van der Waals surface area (Å²) in [6.07, 6.45) is 1.67. The smallest absolute Gasteiger partial charge is 0.348 e. The maximum absolute atomic E-state index is 12.7. The number of carbonyl (C=O) groups is 3. The van der Waals surface area contributed by atoms with E-state index < -0.39 is 5.97 Å². The van der Waals surface area contributed by atoms with Gasteiger partial charge in [-0.15, -0.1) is 11.3 Å². The highest BCUT2D eigenvalue weighted by Crippen LogP contribution is 2.27. The molecule has 1 N–H and O–H groups in total. The largest absolute Gasteiger partial charge is 0.465 e. The van der Waals surface area contributed by atoms with Crippen molar-refractivity contribution in [3.8, 4) is 10.6 Å². The van der Waals surface area contributed by atoms with Crippen molar-refractivity contribution in [1.29, 1.82) is 0 Å². The minimum absolute atomic E-state index is 0.0651. The van der Waals surface area contributed by atoms with Gasteiger partial charge in [-0.05, 0) is 30.3 Å². The number of carbonyl (C=O) groups excluding carboxylic acids is 3. The number of para-hydroxylation sites is 1. The van der Waals surface area contributed by atoms with Crippen molar-refractivity contribution in [3.05, 3.63) is 59.6 Å². The summed E-state index contributed by atoms with van der Waals surface area (Å²) < 4.78 is 6.18. The number of nitrogens with zero attached hydrogens (tertiary/aromatic N) is 3. The number of aromatic nitrogens is 2. The van der Waals surface area contributed by atoms with Crippen LogP contribution in [0.4, 0.5) is 5.69 Å². The summed E-state index contributed by atoms with van der Waals surface area (Å²) in [4.78, 5) is 37.1. The van der Waals surface area contributed by atoms with Gasteiger partial charge in [0.2, 0.25) is 5.91 Å². The number of hydrazine groups is 1. The molecule has 1 aromatic carbocycles. The fourth-order valence-electron chi connectivity index (χ4n) is 2.48. The van der Waals surface area contributed by atoms with Crippen molar-refractivity contribution >= 4 is 34.8 Å². The number of hydrogen-bond acceptors (Lipinski definition) is 6. The van der Waals surface area contributed by atoms with Gasteiger partial charge in [0.05, 0.1) is 17.7 Å². The monoisotopic (exact) mass is 398 g/mol.